The normalized spacial score (nSPS) is 9.75. The van der Waals surface area contributed by atoms with E-state index in [-0.39, 0.29) is 0 Å². The Kier molecular flexibility index (Phi) is 4.76. The third-order valence-corrected chi connectivity index (χ3v) is 2.23. The number of aryl methyl sites for hydroxylation is 2. The third-order valence-electron chi connectivity index (χ3n) is 2.23. The summed E-state index contributed by atoms with van der Waals surface area (Å²) in [5.74, 6) is 0. The first kappa shape index (κ1) is 12.5. The molecule has 0 aromatic carbocycles. The smallest absolute Gasteiger partial charge is 0.0948 e. The van der Waals surface area contributed by atoms with E-state index in [9.17, 15) is 0 Å². The maximum atomic E-state index is 4.24. The van der Waals surface area contributed by atoms with Gasteiger partial charge in [-0.15, -0.1) is 0 Å². The van der Waals surface area contributed by atoms with Gasteiger partial charge in [0.1, 0.15) is 0 Å². The van der Waals surface area contributed by atoms with E-state index in [1.54, 1.807) is 0 Å². The number of hydrogen-bond acceptors (Lipinski definition) is 2. The van der Waals surface area contributed by atoms with Crippen LogP contribution in [0.25, 0.3) is 0 Å². The van der Waals surface area contributed by atoms with Crippen molar-refractivity contribution in [2.24, 2.45) is 0 Å². The lowest BCUT2D eigenvalue weighted by Gasteiger charge is -2.04. The molecule has 4 heteroatoms. The Hall–Kier alpha value is -1.58. The molecule has 0 spiro atoms. The van der Waals surface area contributed by atoms with Gasteiger partial charge < -0.3 is 4.57 Å². The van der Waals surface area contributed by atoms with Crippen LogP contribution in [0.4, 0.5) is 0 Å². The highest BCUT2D eigenvalue weighted by Crippen LogP contribution is 2.03. The Balaban J connectivity index is 0.000000606. The molecule has 0 N–H and O–H groups in total. The Morgan fingerprint density at radius 3 is 2.56 bits per heavy atom. The van der Waals surface area contributed by atoms with Gasteiger partial charge in [0.2, 0.25) is 0 Å². The molecule has 2 aromatic heterocycles. The highest BCUT2D eigenvalue weighted by atomic mass is 15.3. The summed E-state index contributed by atoms with van der Waals surface area (Å²) in [7, 11) is 0. The summed E-state index contributed by atoms with van der Waals surface area (Å²) in [4.78, 5) is 4.12. The predicted octanol–water partition coefficient (Wildman–Crippen LogP) is 2.48. The van der Waals surface area contributed by atoms with Crippen molar-refractivity contribution < 1.29 is 0 Å². The molecule has 2 rings (SSSR count). The highest BCUT2D eigenvalue weighted by Gasteiger charge is 2.01. The van der Waals surface area contributed by atoms with Crippen molar-refractivity contribution in [1.82, 2.24) is 19.3 Å². The quantitative estimate of drug-likeness (QED) is 0.796. The van der Waals surface area contributed by atoms with E-state index >= 15 is 0 Å². The van der Waals surface area contributed by atoms with Gasteiger partial charge in [-0.3, -0.25) is 4.68 Å². The van der Waals surface area contributed by atoms with Crippen molar-refractivity contribution in [2.45, 2.75) is 40.8 Å². The summed E-state index contributed by atoms with van der Waals surface area (Å²) >= 11 is 0. The molecular formula is C12H20N4. The molecule has 0 saturated heterocycles. The average Bonchev–Trinajstić information content (AvgIpc) is 2.91. The molecule has 0 aliphatic rings. The summed E-state index contributed by atoms with van der Waals surface area (Å²) in [6.07, 6.45) is 7.64. The second-order valence-electron chi connectivity index (χ2n) is 3.39. The minimum absolute atomic E-state index is 0.793. The highest BCUT2D eigenvalue weighted by molar-refractivity contribution is 5.03. The molecule has 0 aliphatic carbocycles. The van der Waals surface area contributed by atoms with Gasteiger partial charge in [0.05, 0.1) is 31.0 Å². The summed E-state index contributed by atoms with van der Waals surface area (Å²) in [6.45, 7) is 9.90. The maximum Gasteiger partial charge on any atom is 0.0948 e. The minimum Gasteiger partial charge on any atom is -0.333 e. The van der Waals surface area contributed by atoms with Gasteiger partial charge in [0, 0.05) is 12.7 Å². The van der Waals surface area contributed by atoms with Crippen LogP contribution in [-0.2, 0) is 13.1 Å². The van der Waals surface area contributed by atoms with Crippen LogP contribution in [0.3, 0.4) is 0 Å². The van der Waals surface area contributed by atoms with Gasteiger partial charge in [-0.25, -0.2) is 4.98 Å². The Bertz CT molecular complexity index is 414. The molecule has 88 valence electrons. The molecule has 2 heterocycles. The Morgan fingerprint density at radius 2 is 2.00 bits per heavy atom. The molecule has 0 radical (unpaired) electrons. The van der Waals surface area contributed by atoms with Gasteiger partial charge >= 0.3 is 0 Å². The largest absolute Gasteiger partial charge is 0.333 e. The lowest BCUT2D eigenvalue weighted by Crippen LogP contribution is -2.06. The zero-order valence-corrected chi connectivity index (χ0v) is 10.5. The molecule has 0 bridgehead atoms. The molecule has 0 aliphatic heterocycles. The van der Waals surface area contributed by atoms with Gasteiger partial charge in [-0.2, -0.15) is 5.10 Å². The minimum atomic E-state index is 0.793. The van der Waals surface area contributed by atoms with Crippen LogP contribution in [0.2, 0.25) is 0 Å². The van der Waals surface area contributed by atoms with E-state index in [0.29, 0.717) is 0 Å². The third kappa shape index (κ3) is 2.95. The van der Waals surface area contributed by atoms with Crippen LogP contribution >= 0.6 is 0 Å². The zero-order valence-electron chi connectivity index (χ0n) is 10.5. The Labute approximate surface area is 96.9 Å². The van der Waals surface area contributed by atoms with Crippen LogP contribution in [0, 0.1) is 6.92 Å². The molecule has 0 fully saturated rings. The standard InChI is InChI=1S/C10H14N4.C2H6/c1-3-13-8-11-5-10(13)7-14-6-9(2)4-12-14;1-2/h4-6,8H,3,7H2,1-2H3;1-2H3. The zero-order chi connectivity index (χ0) is 12.0. The molecule has 0 atom stereocenters. The molecule has 0 amide bonds. The first-order valence-corrected chi connectivity index (χ1v) is 5.77. The van der Waals surface area contributed by atoms with Crippen LogP contribution < -0.4 is 0 Å². The maximum absolute atomic E-state index is 4.24. The van der Waals surface area contributed by atoms with Crippen molar-refractivity contribution in [2.75, 3.05) is 0 Å². The molecule has 4 nitrogen and oxygen atoms in total. The summed E-state index contributed by atoms with van der Waals surface area (Å²) in [5, 5.41) is 4.24. The second kappa shape index (κ2) is 6.10. The van der Waals surface area contributed by atoms with E-state index in [1.807, 2.05) is 50.4 Å². The fraction of sp³-hybridized carbons (Fsp3) is 0.500. The van der Waals surface area contributed by atoms with E-state index < -0.39 is 0 Å². The first-order chi connectivity index (χ1) is 7.79. The van der Waals surface area contributed by atoms with Gasteiger partial charge in [0.15, 0.2) is 0 Å². The fourth-order valence-corrected chi connectivity index (χ4v) is 1.48. The topological polar surface area (TPSA) is 35.6 Å². The van der Waals surface area contributed by atoms with Crippen molar-refractivity contribution >= 4 is 0 Å². The number of hydrogen-bond donors (Lipinski definition) is 0. The first-order valence-electron chi connectivity index (χ1n) is 5.77. The van der Waals surface area contributed by atoms with Gasteiger partial charge in [-0.05, 0) is 19.4 Å². The SMILES string of the molecule is CC.CCn1cncc1Cn1cc(C)cn1. The number of imidazole rings is 1. The van der Waals surface area contributed by atoms with E-state index in [2.05, 4.69) is 21.6 Å². The van der Waals surface area contributed by atoms with E-state index in [0.717, 1.165) is 13.1 Å². The van der Waals surface area contributed by atoms with Crippen molar-refractivity contribution in [3.8, 4) is 0 Å². The molecular weight excluding hydrogens is 200 g/mol. The van der Waals surface area contributed by atoms with Crippen LogP contribution in [0.1, 0.15) is 32.0 Å². The predicted molar refractivity (Wildman–Crippen MR) is 65.3 cm³/mol. The fourth-order valence-electron chi connectivity index (χ4n) is 1.48. The van der Waals surface area contributed by atoms with Crippen LogP contribution in [-0.4, -0.2) is 19.3 Å². The molecule has 0 unspecified atom stereocenters. The van der Waals surface area contributed by atoms with Crippen molar-refractivity contribution in [1.29, 1.82) is 0 Å². The summed E-state index contributed by atoms with van der Waals surface area (Å²) in [6, 6.07) is 0. The summed E-state index contributed by atoms with van der Waals surface area (Å²) < 4.78 is 4.05. The number of nitrogens with zero attached hydrogens (tertiary/aromatic N) is 4. The van der Waals surface area contributed by atoms with Crippen LogP contribution in [0.5, 0.6) is 0 Å². The average molecular weight is 220 g/mol. The monoisotopic (exact) mass is 220 g/mol. The van der Waals surface area contributed by atoms with E-state index in [4.69, 9.17) is 0 Å². The second-order valence-corrected chi connectivity index (χ2v) is 3.39. The molecule has 2 aromatic rings. The lowest BCUT2D eigenvalue weighted by atomic mass is 10.4. The number of rotatable bonds is 3. The summed E-state index contributed by atoms with van der Waals surface area (Å²) in [5.41, 5.74) is 2.38. The lowest BCUT2D eigenvalue weighted by molar-refractivity contribution is 0.622. The van der Waals surface area contributed by atoms with Gasteiger partial charge in [0.25, 0.3) is 0 Å². The van der Waals surface area contributed by atoms with Crippen molar-refractivity contribution in [3.63, 3.8) is 0 Å². The Morgan fingerprint density at radius 1 is 1.25 bits per heavy atom. The number of aromatic nitrogens is 4. The van der Waals surface area contributed by atoms with Gasteiger partial charge in [-0.1, -0.05) is 13.8 Å². The van der Waals surface area contributed by atoms with Crippen molar-refractivity contribution in [3.05, 3.63) is 36.2 Å². The molecule has 0 saturated carbocycles. The van der Waals surface area contributed by atoms with Crippen LogP contribution in [0.15, 0.2) is 24.9 Å². The molecule has 16 heavy (non-hydrogen) atoms. The van der Waals surface area contributed by atoms with E-state index in [1.165, 1.54) is 11.3 Å².